The van der Waals surface area contributed by atoms with E-state index in [1.807, 2.05) is 6.07 Å². The Labute approximate surface area is 116 Å². The summed E-state index contributed by atoms with van der Waals surface area (Å²) in [7, 11) is 0. The molecule has 0 aromatic heterocycles. The maximum atomic E-state index is 3.32. The fourth-order valence-electron chi connectivity index (χ4n) is 2.30. The van der Waals surface area contributed by atoms with E-state index in [1.54, 1.807) is 0 Å². The van der Waals surface area contributed by atoms with E-state index in [4.69, 9.17) is 0 Å². The van der Waals surface area contributed by atoms with Crippen molar-refractivity contribution in [1.29, 1.82) is 0 Å². The van der Waals surface area contributed by atoms with E-state index >= 15 is 0 Å². The van der Waals surface area contributed by atoms with Gasteiger partial charge < -0.3 is 0 Å². The van der Waals surface area contributed by atoms with Crippen LogP contribution in [-0.4, -0.2) is 4.61 Å². The van der Waals surface area contributed by atoms with Gasteiger partial charge in [0.15, 0.2) is 0 Å². The molecule has 0 N–H and O–H groups in total. The van der Waals surface area contributed by atoms with Gasteiger partial charge in [0.1, 0.15) is 0 Å². The molecule has 0 aliphatic rings. The van der Waals surface area contributed by atoms with Crippen LogP contribution in [-0.2, 0) is 17.9 Å². The average Bonchev–Trinajstić information content (AvgIpc) is 2.44. The van der Waals surface area contributed by atoms with E-state index in [2.05, 4.69) is 65.3 Å². The van der Waals surface area contributed by atoms with Gasteiger partial charge in [-0.25, -0.2) is 0 Å². The Balaban J connectivity index is 2.39. The van der Waals surface area contributed by atoms with Crippen molar-refractivity contribution in [2.75, 3.05) is 0 Å². The molecule has 0 saturated carbocycles. The first-order chi connectivity index (χ1) is 8.90. The van der Waals surface area contributed by atoms with Crippen LogP contribution in [0.5, 0.6) is 0 Å². The second-order valence-electron chi connectivity index (χ2n) is 4.23. The van der Waals surface area contributed by atoms with Crippen molar-refractivity contribution in [3.8, 4) is 0 Å². The number of allylic oxidation sites excluding steroid dienone is 1. The number of rotatable bonds is 2. The molecule has 0 spiro atoms. The zero-order valence-electron chi connectivity index (χ0n) is 10.1. The predicted molar refractivity (Wildman–Crippen MR) is 75.4 cm³/mol. The van der Waals surface area contributed by atoms with Crippen LogP contribution < -0.4 is 0 Å². The first-order valence-corrected chi connectivity index (χ1v) is 7.73. The van der Waals surface area contributed by atoms with E-state index < -0.39 is 0 Å². The average molecular weight is 281 g/mol. The Kier molecular flexibility index (Phi) is 3.17. The van der Waals surface area contributed by atoms with Crippen molar-refractivity contribution in [2.45, 2.75) is 0 Å². The Morgan fingerprint density at radius 3 is 2.67 bits per heavy atom. The van der Waals surface area contributed by atoms with E-state index in [0.29, 0.717) is 0 Å². The third kappa shape index (κ3) is 1.96. The second-order valence-corrected chi connectivity index (χ2v) is 5.22. The van der Waals surface area contributed by atoms with Gasteiger partial charge in [0.25, 0.3) is 0 Å². The molecule has 0 nitrogen and oxygen atoms in total. The number of benzene rings is 3. The molecule has 0 heterocycles. The van der Waals surface area contributed by atoms with Gasteiger partial charge in [0.05, 0.1) is 0 Å². The van der Waals surface area contributed by atoms with Gasteiger partial charge in [-0.05, 0) is 0 Å². The van der Waals surface area contributed by atoms with Gasteiger partial charge in [0.2, 0.25) is 0 Å². The Morgan fingerprint density at radius 1 is 0.889 bits per heavy atom. The van der Waals surface area contributed by atoms with Crippen LogP contribution in [0.2, 0.25) is 0 Å². The second kappa shape index (κ2) is 4.96. The zero-order valence-corrected chi connectivity index (χ0v) is 13.0. The van der Waals surface area contributed by atoms with Crippen molar-refractivity contribution >= 4 is 32.2 Å². The summed E-state index contributed by atoms with van der Waals surface area (Å²) in [5, 5.41) is 5.18. The van der Waals surface area contributed by atoms with E-state index in [0.717, 1.165) is 0 Å². The van der Waals surface area contributed by atoms with Gasteiger partial charge in [-0.15, -0.1) is 0 Å². The molecule has 18 heavy (non-hydrogen) atoms. The van der Waals surface area contributed by atoms with Crippen molar-refractivity contribution in [3.63, 3.8) is 0 Å². The van der Waals surface area contributed by atoms with E-state index in [1.165, 1.54) is 45.0 Å². The van der Waals surface area contributed by atoms with Gasteiger partial charge in [-0.1, -0.05) is 0 Å². The van der Waals surface area contributed by atoms with Crippen molar-refractivity contribution in [1.82, 2.24) is 0 Å². The summed E-state index contributed by atoms with van der Waals surface area (Å²) in [5.41, 5.74) is 1.17. The van der Waals surface area contributed by atoms with Crippen molar-refractivity contribution in [3.05, 3.63) is 66.2 Å². The molecule has 3 aromatic carbocycles. The van der Waals surface area contributed by atoms with Crippen LogP contribution in [0.15, 0.2) is 54.6 Å². The molecule has 0 saturated heterocycles. The third-order valence-electron chi connectivity index (χ3n) is 3.15. The third-order valence-corrected chi connectivity index (χ3v) is 3.72. The minimum absolute atomic E-state index is 1.17. The van der Waals surface area contributed by atoms with Crippen LogP contribution in [0, 0.1) is 6.07 Å². The molecular formula is C17H11Zn-. The molecular weight excluding hydrogens is 270 g/mol. The summed E-state index contributed by atoms with van der Waals surface area (Å²) in [6.45, 7) is 0. The number of hydrogen-bond donors (Lipinski definition) is 0. The maximum absolute atomic E-state index is 3.32. The predicted octanol–water partition coefficient (Wildman–Crippen LogP) is 4.16. The Morgan fingerprint density at radius 2 is 1.78 bits per heavy atom. The Hall–Kier alpha value is -1.59. The molecule has 0 amide bonds. The van der Waals surface area contributed by atoms with Crippen LogP contribution in [0.3, 0.4) is 0 Å². The molecule has 0 radical (unpaired) electrons. The summed E-state index contributed by atoms with van der Waals surface area (Å²) in [4.78, 5) is 0. The van der Waals surface area contributed by atoms with Crippen LogP contribution >= 0.6 is 0 Å². The van der Waals surface area contributed by atoms with Crippen LogP contribution in [0.4, 0.5) is 0 Å². The quantitative estimate of drug-likeness (QED) is 0.376. The molecule has 3 rings (SSSR count). The normalized spacial score (nSPS) is 11.4. The van der Waals surface area contributed by atoms with Gasteiger partial charge in [-0.3, -0.25) is 0 Å². The summed E-state index contributed by atoms with van der Waals surface area (Å²) in [6, 6.07) is 20.4. The minimum atomic E-state index is 1.17. The van der Waals surface area contributed by atoms with Gasteiger partial charge >= 0.3 is 116 Å². The van der Waals surface area contributed by atoms with E-state index in [-0.39, 0.29) is 0 Å². The summed E-state index contributed by atoms with van der Waals surface area (Å²) < 4.78 is 2.16. The molecule has 82 valence electrons. The topological polar surface area (TPSA) is 0 Å². The first-order valence-electron chi connectivity index (χ1n) is 6.01. The van der Waals surface area contributed by atoms with E-state index in [9.17, 15) is 0 Å². The summed E-state index contributed by atoms with van der Waals surface area (Å²) >= 11 is 1.18. The molecule has 0 aliphatic heterocycles. The molecule has 1 heteroatoms. The Bertz CT molecular complexity index is 754. The molecule has 0 unspecified atom stereocenters. The monoisotopic (exact) mass is 279 g/mol. The van der Waals surface area contributed by atoms with Gasteiger partial charge in [-0.2, -0.15) is 0 Å². The molecule has 3 aromatic rings. The fourth-order valence-corrected chi connectivity index (χ4v) is 2.59. The standard InChI is InChI=1S/C17H11.Zn/c1-2-6-13-8-5-10-17-15-9-4-3-7-14(15)11-12-16(13)17;/h1-7,9-12H;/q-1;/b6-2-;. The fraction of sp³-hybridized carbons (Fsp3) is 0. The van der Waals surface area contributed by atoms with Gasteiger partial charge in [0, 0.05) is 0 Å². The molecule has 0 bridgehead atoms. The zero-order chi connectivity index (χ0) is 12.4. The van der Waals surface area contributed by atoms with Crippen LogP contribution in [0.25, 0.3) is 27.6 Å². The van der Waals surface area contributed by atoms with Crippen molar-refractivity contribution < 1.29 is 17.9 Å². The molecule has 0 atom stereocenters. The van der Waals surface area contributed by atoms with Crippen molar-refractivity contribution in [2.24, 2.45) is 0 Å². The first kappa shape index (κ1) is 11.5. The summed E-state index contributed by atoms with van der Waals surface area (Å²) in [6.07, 6.45) is 4.25. The van der Waals surface area contributed by atoms with Crippen LogP contribution in [0.1, 0.15) is 5.56 Å². The number of fused-ring (bicyclic) bond motifs is 3. The molecule has 0 aliphatic carbocycles. The SMILES string of the molecule is [Zn]=[CH]/C=C\c1[c-]ccc2c1ccc1ccccc12. The number of hydrogen-bond acceptors (Lipinski definition) is 0. The molecule has 0 fully saturated rings. The summed E-state index contributed by atoms with van der Waals surface area (Å²) in [5.74, 6) is 0.